The van der Waals surface area contributed by atoms with Gasteiger partial charge in [0, 0.05) is 0 Å². The van der Waals surface area contributed by atoms with Crippen molar-refractivity contribution in [1.82, 2.24) is 4.98 Å². The van der Waals surface area contributed by atoms with Gasteiger partial charge in [-0.05, 0) is 0 Å². The van der Waals surface area contributed by atoms with Crippen molar-refractivity contribution in [2.24, 2.45) is 0 Å². The van der Waals surface area contributed by atoms with Gasteiger partial charge in [0.1, 0.15) is 0 Å². The van der Waals surface area contributed by atoms with Crippen LogP contribution in [-0.2, 0) is 0 Å². The molecule has 3 rings (SSSR count). The Bertz CT molecular complexity index is 861. The molecule has 24 heavy (non-hydrogen) atoms. The van der Waals surface area contributed by atoms with Gasteiger partial charge in [-0.1, -0.05) is 0 Å². The first-order valence-corrected chi connectivity index (χ1v) is 15.8. The number of benzene rings is 2. The van der Waals surface area contributed by atoms with Crippen molar-refractivity contribution < 1.29 is 0 Å². The molecule has 0 aliphatic carbocycles. The molecule has 0 fully saturated rings. The topological polar surface area (TPSA) is 12.9 Å². The van der Waals surface area contributed by atoms with E-state index in [9.17, 15) is 0 Å². The second-order valence-corrected chi connectivity index (χ2v) is 18.1. The number of pyridine rings is 1. The minimum atomic E-state index is -1.84. The van der Waals surface area contributed by atoms with Crippen molar-refractivity contribution in [2.45, 2.75) is 31.1 Å². The second-order valence-electron chi connectivity index (χ2n) is 7.53. The third-order valence-electron chi connectivity index (χ3n) is 4.53. The molecule has 1 nitrogen and oxygen atoms in total. The van der Waals surface area contributed by atoms with Crippen molar-refractivity contribution in [3.8, 4) is 22.4 Å². The second kappa shape index (κ2) is 6.56. The molecule has 0 saturated carbocycles. The normalized spacial score (nSPS) is 11.5. The van der Waals surface area contributed by atoms with E-state index in [0.29, 0.717) is 0 Å². The average Bonchev–Trinajstić information content (AvgIpc) is 2.54. The summed E-state index contributed by atoms with van der Waals surface area (Å²) in [5.74, 6) is 7.26. The summed E-state index contributed by atoms with van der Waals surface area (Å²) in [7, 11) is 0. The summed E-state index contributed by atoms with van der Waals surface area (Å²) in [6.07, 6.45) is 2.12. The molecule has 0 spiro atoms. The Morgan fingerprint density at radius 3 is 2.04 bits per heavy atom. The van der Waals surface area contributed by atoms with E-state index in [2.05, 4.69) is 91.9 Å². The summed E-state index contributed by atoms with van der Waals surface area (Å²) in [5, 5.41) is 0. The fourth-order valence-electron chi connectivity index (χ4n) is 3.26. The van der Waals surface area contributed by atoms with Crippen molar-refractivity contribution in [3.05, 3.63) is 71.9 Å². The van der Waals surface area contributed by atoms with Gasteiger partial charge in [-0.25, -0.2) is 0 Å². The molecule has 0 unspecified atom stereocenters. The van der Waals surface area contributed by atoms with E-state index in [1.165, 1.54) is 32.2 Å². The molecule has 0 atom stereocenters. The third-order valence-corrected chi connectivity index (χ3v) is 9.01. The SMILES string of the molecule is Cc1cc(-c2cc(C)[c]([Ge]([CH3])([CH3])[CH3])cn2)ccc1-c1ccccc1. The van der Waals surface area contributed by atoms with Crippen LogP contribution in [0.5, 0.6) is 0 Å². The van der Waals surface area contributed by atoms with Crippen LogP contribution in [0.4, 0.5) is 0 Å². The number of hydrogen-bond acceptors (Lipinski definition) is 1. The molecule has 0 aliphatic heterocycles. The fourth-order valence-corrected chi connectivity index (χ4v) is 6.85. The molecular weight excluding hydrogens is 351 g/mol. The van der Waals surface area contributed by atoms with E-state index >= 15 is 0 Å². The summed E-state index contributed by atoms with van der Waals surface area (Å²) in [6.45, 7) is 4.40. The zero-order valence-corrected chi connectivity index (χ0v) is 17.3. The van der Waals surface area contributed by atoms with E-state index in [0.717, 1.165) is 5.69 Å². The maximum absolute atomic E-state index is 4.77. The Kier molecular flexibility index (Phi) is 4.64. The van der Waals surface area contributed by atoms with Gasteiger partial charge in [0.05, 0.1) is 0 Å². The molecule has 1 heterocycles. The first-order valence-electron chi connectivity index (χ1n) is 8.50. The summed E-state index contributed by atoms with van der Waals surface area (Å²) in [5.41, 5.74) is 7.50. The van der Waals surface area contributed by atoms with Crippen LogP contribution in [0.15, 0.2) is 60.8 Å². The number of hydrogen-bond donors (Lipinski definition) is 0. The fraction of sp³-hybridized carbons (Fsp3) is 0.227. The Balaban J connectivity index is 2.00. The summed E-state index contributed by atoms with van der Waals surface area (Å²) >= 11 is -1.84. The number of aryl methyl sites for hydroxylation is 2. The molecular formula is C22H25GeN. The Morgan fingerprint density at radius 2 is 1.46 bits per heavy atom. The van der Waals surface area contributed by atoms with E-state index in [4.69, 9.17) is 4.98 Å². The van der Waals surface area contributed by atoms with E-state index < -0.39 is 13.3 Å². The van der Waals surface area contributed by atoms with Gasteiger partial charge in [0.15, 0.2) is 0 Å². The molecule has 0 aliphatic rings. The van der Waals surface area contributed by atoms with Gasteiger partial charge in [0.2, 0.25) is 0 Å². The van der Waals surface area contributed by atoms with Gasteiger partial charge < -0.3 is 0 Å². The zero-order valence-electron chi connectivity index (χ0n) is 15.2. The predicted octanol–water partition coefficient (Wildman–Crippen LogP) is 5.58. The summed E-state index contributed by atoms with van der Waals surface area (Å²) < 4.78 is 1.50. The summed E-state index contributed by atoms with van der Waals surface area (Å²) in [6, 6.07) is 19.5. The Hall–Kier alpha value is -1.87. The van der Waals surface area contributed by atoms with Crippen molar-refractivity contribution >= 4 is 17.7 Å². The van der Waals surface area contributed by atoms with Crippen LogP contribution in [-0.4, -0.2) is 18.3 Å². The summed E-state index contributed by atoms with van der Waals surface area (Å²) in [4.78, 5) is 4.77. The van der Waals surface area contributed by atoms with E-state index in [1.807, 2.05) is 0 Å². The van der Waals surface area contributed by atoms with Crippen LogP contribution in [0.3, 0.4) is 0 Å². The van der Waals surface area contributed by atoms with Crippen LogP contribution in [0.2, 0.25) is 17.3 Å². The van der Waals surface area contributed by atoms with Gasteiger partial charge >= 0.3 is 148 Å². The standard InChI is InChI=1S/C22H25GeN/c1-16-13-19(11-12-20(16)18-9-7-6-8-10-18)22-14-17(2)21(15-24-22)23(3,4)5/h6-15H,1-5H3. The number of rotatable bonds is 3. The van der Waals surface area contributed by atoms with Gasteiger partial charge in [-0.2, -0.15) is 0 Å². The van der Waals surface area contributed by atoms with E-state index in [1.54, 1.807) is 0 Å². The van der Waals surface area contributed by atoms with E-state index in [-0.39, 0.29) is 0 Å². The van der Waals surface area contributed by atoms with Gasteiger partial charge in [0.25, 0.3) is 0 Å². The van der Waals surface area contributed by atoms with Crippen LogP contribution in [0, 0.1) is 13.8 Å². The van der Waals surface area contributed by atoms with Crippen molar-refractivity contribution in [3.63, 3.8) is 0 Å². The number of aromatic nitrogens is 1. The molecule has 0 amide bonds. The van der Waals surface area contributed by atoms with Gasteiger partial charge in [-0.15, -0.1) is 0 Å². The number of nitrogens with zero attached hydrogens (tertiary/aromatic N) is 1. The molecule has 122 valence electrons. The van der Waals surface area contributed by atoms with Crippen LogP contribution < -0.4 is 4.40 Å². The van der Waals surface area contributed by atoms with Gasteiger partial charge in [-0.3, -0.25) is 0 Å². The molecule has 3 aromatic rings. The molecule has 0 bridgehead atoms. The first kappa shape index (κ1) is 17.0. The molecule has 0 radical (unpaired) electrons. The molecule has 0 saturated heterocycles. The first-order chi connectivity index (χ1) is 11.4. The Labute approximate surface area is 148 Å². The van der Waals surface area contributed by atoms with Crippen LogP contribution >= 0.6 is 0 Å². The molecule has 2 aromatic carbocycles. The third kappa shape index (κ3) is 3.46. The zero-order chi connectivity index (χ0) is 17.3. The monoisotopic (exact) mass is 377 g/mol. The van der Waals surface area contributed by atoms with Crippen LogP contribution in [0.1, 0.15) is 11.1 Å². The molecule has 0 N–H and O–H groups in total. The minimum absolute atomic E-state index is 1.07. The maximum atomic E-state index is 4.77. The van der Waals surface area contributed by atoms with Crippen molar-refractivity contribution in [2.75, 3.05) is 0 Å². The quantitative estimate of drug-likeness (QED) is 0.544. The predicted molar refractivity (Wildman–Crippen MR) is 108 cm³/mol. The van der Waals surface area contributed by atoms with Crippen LogP contribution in [0.25, 0.3) is 22.4 Å². The average molecular weight is 376 g/mol. The molecule has 2 heteroatoms. The van der Waals surface area contributed by atoms with Crippen molar-refractivity contribution in [1.29, 1.82) is 0 Å². The molecule has 1 aromatic heterocycles. The Morgan fingerprint density at radius 1 is 0.750 bits per heavy atom.